The van der Waals surface area contributed by atoms with Crippen molar-refractivity contribution >= 4 is 54.9 Å². The summed E-state index contributed by atoms with van der Waals surface area (Å²) in [6, 6.07) is 20.2. The van der Waals surface area contributed by atoms with Gasteiger partial charge in [0.15, 0.2) is 0 Å². The highest BCUT2D eigenvalue weighted by Gasteiger charge is 2.32. The number of rotatable bonds is 6. The maximum atomic E-state index is 13.6. The molecule has 0 atom stereocenters. The van der Waals surface area contributed by atoms with Crippen LogP contribution in [-0.4, -0.2) is 14.2 Å². The Labute approximate surface area is 201 Å². The first-order chi connectivity index (χ1) is 15.7. The Morgan fingerprint density at radius 3 is 2.12 bits per heavy atom. The van der Waals surface area contributed by atoms with Gasteiger partial charge in [0.25, 0.3) is 0 Å². The number of nitrogens with one attached hydrogen (secondary N) is 1. The van der Waals surface area contributed by atoms with Crippen LogP contribution < -0.4 is 11.1 Å². The van der Waals surface area contributed by atoms with Crippen LogP contribution in [0.1, 0.15) is 26.4 Å². The van der Waals surface area contributed by atoms with Crippen LogP contribution in [0.15, 0.2) is 82.6 Å². The van der Waals surface area contributed by atoms with E-state index in [0.717, 1.165) is 28.2 Å². The molecular formula is C25H21ClN2O3S2. The van der Waals surface area contributed by atoms with E-state index < -0.39 is 9.84 Å². The predicted molar refractivity (Wildman–Crippen MR) is 135 cm³/mol. The lowest BCUT2D eigenvalue weighted by Crippen LogP contribution is -2.08. The van der Waals surface area contributed by atoms with Crippen molar-refractivity contribution in [2.75, 3.05) is 11.1 Å². The standard InChI is InChI=1S/C25H21ClN2O3S2/c1-15-7-6-8-16(2)21(15)28-25-24(33(30,31)19-9-4-3-5-10-19)20(27)23(32-25)22(29)17-11-13-18(26)14-12-17/h3-14,28H,27H2,1-2H3. The molecule has 0 unspecified atom stereocenters. The molecule has 3 N–H and O–H groups in total. The number of anilines is 3. The minimum absolute atomic E-state index is 0.0717. The molecule has 0 saturated heterocycles. The van der Waals surface area contributed by atoms with Crippen LogP contribution in [0.25, 0.3) is 0 Å². The second kappa shape index (κ2) is 9.02. The van der Waals surface area contributed by atoms with Crippen molar-refractivity contribution in [1.82, 2.24) is 0 Å². The van der Waals surface area contributed by atoms with E-state index in [1.807, 2.05) is 32.0 Å². The molecule has 1 heterocycles. The highest BCUT2D eigenvalue weighted by molar-refractivity contribution is 7.92. The minimum Gasteiger partial charge on any atom is -0.396 e. The van der Waals surface area contributed by atoms with Crippen LogP contribution in [0, 0.1) is 13.8 Å². The first-order valence-corrected chi connectivity index (χ1v) is 12.7. The van der Waals surface area contributed by atoms with Gasteiger partial charge < -0.3 is 11.1 Å². The van der Waals surface area contributed by atoms with Gasteiger partial charge in [0, 0.05) is 16.3 Å². The van der Waals surface area contributed by atoms with Crippen molar-refractivity contribution in [3.05, 3.63) is 99.4 Å². The van der Waals surface area contributed by atoms with Gasteiger partial charge in [-0.15, -0.1) is 11.3 Å². The van der Waals surface area contributed by atoms with Crippen LogP contribution in [0.5, 0.6) is 0 Å². The number of hydrogen-bond donors (Lipinski definition) is 2. The number of aryl methyl sites for hydroxylation is 2. The van der Waals surface area contributed by atoms with Crippen LogP contribution in [0.3, 0.4) is 0 Å². The number of sulfone groups is 1. The zero-order chi connectivity index (χ0) is 23.8. The lowest BCUT2D eigenvalue weighted by Gasteiger charge is -2.13. The van der Waals surface area contributed by atoms with Crippen LogP contribution >= 0.6 is 22.9 Å². The monoisotopic (exact) mass is 496 g/mol. The lowest BCUT2D eigenvalue weighted by molar-refractivity contribution is 0.104. The molecule has 0 aliphatic carbocycles. The lowest BCUT2D eigenvalue weighted by atomic mass is 10.1. The van der Waals surface area contributed by atoms with Gasteiger partial charge in [0.1, 0.15) is 14.8 Å². The molecule has 168 valence electrons. The summed E-state index contributed by atoms with van der Waals surface area (Å²) in [6.45, 7) is 3.86. The number of nitrogens with two attached hydrogens (primary N) is 1. The molecule has 1 aromatic heterocycles. The third-order valence-corrected chi connectivity index (χ3v) is 8.61. The molecule has 4 rings (SSSR count). The molecule has 8 heteroatoms. The maximum Gasteiger partial charge on any atom is 0.211 e. The van der Waals surface area contributed by atoms with Crippen LogP contribution in [0.4, 0.5) is 16.4 Å². The number of benzene rings is 3. The zero-order valence-electron chi connectivity index (χ0n) is 17.9. The summed E-state index contributed by atoms with van der Waals surface area (Å²) in [6.07, 6.45) is 0. The predicted octanol–water partition coefficient (Wildman–Crippen LogP) is 6.41. The Morgan fingerprint density at radius 1 is 0.909 bits per heavy atom. The van der Waals surface area contributed by atoms with Crippen molar-refractivity contribution in [3.8, 4) is 0 Å². The van der Waals surface area contributed by atoms with Gasteiger partial charge in [-0.3, -0.25) is 4.79 Å². The van der Waals surface area contributed by atoms with E-state index >= 15 is 0 Å². The van der Waals surface area contributed by atoms with Gasteiger partial charge in [0.2, 0.25) is 15.6 Å². The van der Waals surface area contributed by atoms with Crippen LogP contribution in [-0.2, 0) is 9.84 Å². The SMILES string of the molecule is Cc1cccc(C)c1Nc1sc(C(=O)c2ccc(Cl)cc2)c(N)c1S(=O)(=O)c1ccccc1. The van der Waals surface area contributed by atoms with E-state index in [2.05, 4.69) is 5.32 Å². The van der Waals surface area contributed by atoms with Gasteiger partial charge in [-0.25, -0.2) is 8.42 Å². The normalized spacial score (nSPS) is 11.4. The molecule has 0 radical (unpaired) electrons. The maximum absolute atomic E-state index is 13.6. The van der Waals surface area contributed by atoms with E-state index in [9.17, 15) is 13.2 Å². The number of carbonyl (C=O) groups excluding carboxylic acids is 1. The summed E-state index contributed by atoms with van der Waals surface area (Å²) < 4.78 is 27.2. The molecule has 3 aromatic carbocycles. The van der Waals surface area contributed by atoms with Gasteiger partial charge in [-0.05, 0) is 61.4 Å². The number of hydrogen-bond acceptors (Lipinski definition) is 6. The second-order valence-corrected chi connectivity index (χ2v) is 10.9. The Kier molecular flexibility index (Phi) is 6.30. The molecule has 0 saturated carbocycles. The number of ketones is 1. The van der Waals surface area contributed by atoms with Crippen molar-refractivity contribution in [2.24, 2.45) is 0 Å². The molecule has 0 aliphatic heterocycles. The summed E-state index contributed by atoms with van der Waals surface area (Å²) in [4.78, 5) is 13.4. The molecule has 4 aromatic rings. The zero-order valence-corrected chi connectivity index (χ0v) is 20.3. The second-order valence-electron chi connectivity index (χ2n) is 7.55. The van der Waals surface area contributed by atoms with E-state index in [1.165, 1.54) is 12.1 Å². The Balaban J connectivity index is 1.92. The third-order valence-electron chi connectivity index (χ3n) is 5.25. The molecule has 0 amide bonds. The minimum atomic E-state index is -4.00. The first kappa shape index (κ1) is 23.0. The van der Waals surface area contributed by atoms with E-state index in [0.29, 0.717) is 15.6 Å². The number of nitrogen functional groups attached to an aromatic ring is 1. The fourth-order valence-electron chi connectivity index (χ4n) is 3.52. The molecule has 5 nitrogen and oxygen atoms in total. The molecule has 0 aliphatic rings. The van der Waals surface area contributed by atoms with Crippen molar-refractivity contribution in [3.63, 3.8) is 0 Å². The average Bonchev–Trinajstić information content (AvgIpc) is 3.13. The van der Waals surface area contributed by atoms with Crippen molar-refractivity contribution in [1.29, 1.82) is 0 Å². The largest absolute Gasteiger partial charge is 0.396 e. The van der Waals surface area contributed by atoms with Crippen molar-refractivity contribution in [2.45, 2.75) is 23.6 Å². The van der Waals surface area contributed by atoms with Gasteiger partial charge in [-0.2, -0.15) is 0 Å². The molecule has 33 heavy (non-hydrogen) atoms. The van der Waals surface area contributed by atoms with E-state index in [-0.39, 0.29) is 26.1 Å². The van der Waals surface area contributed by atoms with Crippen molar-refractivity contribution < 1.29 is 13.2 Å². The molecule has 0 spiro atoms. The fourth-order valence-corrected chi connectivity index (χ4v) is 6.59. The fraction of sp³-hybridized carbons (Fsp3) is 0.0800. The van der Waals surface area contributed by atoms with E-state index in [1.54, 1.807) is 42.5 Å². The smallest absolute Gasteiger partial charge is 0.211 e. The summed E-state index contributed by atoms with van der Waals surface area (Å²) >= 11 is 6.98. The molecule has 0 bridgehead atoms. The Bertz CT molecular complexity index is 1430. The summed E-state index contributed by atoms with van der Waals surface area (Å²) in [7, 11) is -4.00. The average molecular weight is 497 g/mol. The summed E-state index contributed by atoms with van der Waals surface area (Å²) in [5, 5.41) is 4.04. The summed E-state index contributed by atoms with van der Waals surface area (Å²) in [5.41, 5.74) is 9.32. The quantitative estimate of drug-likeness (QED) is 0.301. The van der Waals surface area contributed by atoms with Gasteiger partial charge >= 0.3 is 0 Å². The van der Waals surface area contributed by atoms with Gasteiger partial charge in [0.05, 0.1) is 10.6 Å². The highest BCUT2D eigenvalue weighted by Crippen LogP contribution is 2.44. The molecular weight excluding hydrogens is 476 g/mol. The van der Waals surface area contributed by atoms with Gasteiger partial charge in [-0.1, -0.05) is 48.0 Å². The number of para-hydroxylation sites is 1. The third kappa shape index (κ3) is 4.39. The Hall–Kier alpha value is -3.13. The number of halogens is 1. The number of carbonyl (C=O) groups is 1. The topological polar surface area (TPSA) is 89.3 Å². The first-order valence-electron chi connectivity index (χ1n) is 10.1. The number of thiophene rings is 1. The highest BCUT2D eigenvalue weighted by atomic mass is 35.5. The Morgan fingerprint density at radius 2 is 1.52 bits per heavy atom. The van der Waals surface area contributed by atoms with Crippen LogP contribution in [0.2, 0.25) is 5.02 Å². The van der Waals surface area contributed by atoms with E-state index in [4.69, 9.17) is 17.3 Å². The summed E-state index contributed by atoms with van der Waals surface area (Å²) in [5.74, 6) is -0.367. The molecule has 0 fully saturated rings.